The quantitative estimate of drug-likeness (QED) is 0.329. The van der Waals surface area contributed by atoms with Crippen molar-refractivity contribution in [3.63, 3.8) is 0 Å². The second-order valence-corrected chi connectivity index (χ2v) is 1.88. The van der Waals surface area contributed by atoms with E-state index in [9.17, 15) is 0 Å². The van der Waals surface area contributed by atoms with Gasteiger partial charge in [-0.3, -0.25) is 0 Å². The lowest BCUT2D eigenvalue weighted by Crippen LogP contribution is -2.17. The summed E-state index contributed by atoms with van der Waals surface area (Å²) in [5.74, 6) is 2.39. The molecule has 0 amide bonds. The second kappa shape index (κ2) is 4.22. The maximum Gasteiger partial charge on any atom is 0.191 e. The van der Waals surface area contributed by atoms with Gasteiger partial charge in [0.2, 0.25) is 0 Å². The molecule has 0 rings (SSSR count). The monoisotopic (exact) mass is 147 g/mol. The number of hydrogen-bond acceptors (Lipinski definition) is 2. The molecule has 0 aliphatic rings. The highest BCUT2D eigenvalue weighted by molar-refractivity contribution is 5.85. The maximum atomic E-state index is 5.03. The van der Waals surface area contributed by atoms with Gasteiger partial charge in [-0.25, -0.2) is 0 Å². The van der Waals surface area contributed by atoms with Crippen LogP contribution in [0.5, 0.6) is 0 Å². The SMILES string of the molecule is C#CC(C)(C)ON=C.Cl. The number of nitrogens with zero attached hydrogens (tertiary/aromatic N) is 1. The number of oxime groups is 1. The lowest BCUT2D eigenvalue weighted by molar-refractivity contribution is 0.0340. The van der Waals surface area contributed by atoms with Gasteiger partial charge in [0.25, 0.3) is 0 Å². The molecule has 0 aromatic rings. The van der Waals surface area contributed by atoms with E-state index in [1.54, 1.807) is 13.8 Å². The van der Waals surface area contributed by atoms with E-state index >= 15 is 0 Å². The Kier molecular flexibility index (Phi) is 5.24. The third-order valence-electron chi connectivity index (χ3n) is 0.640. The van der Waals surface area contributed by atoms with Gasteiger partial charge >= 0.3 is 0 Å². The Hall–Kier alpha value is -0.680. The first kappa shape index (κ1) is 11.2. The summed E-state index contributed by atoms with van der Waals surface area (Å²) in [5.41, 5.74) is -0.609. The predicted molar refractivity (Wildman–Crippen MR) is 40.8 cm³/mol. The largest absolute Gasteiger partial charge is 0.377 e. The first-order valence-electron chi connectivity index (χ1n) is 2.24. The second-order valence-electron chi connectivity index (χ2n) is 1.88. The van der Waals surface area contributed by atoms with Crippen LogP contribution in [-0.2, 0) is 4.84 Å². The molecule has 0 aliphatic heterocycles. The van der Waals surface area contributed by atoms with Crippen LogP contribution in [-0.4, -0.2) is 12.3 Å². The molecule has 0 N–H and O–H groups in total. The topological polar surface area (TPSA) is 21.6 Å². The zero-order chi connectivity index (χ0) is 6.62. The molecule has 0 saturated heterocycles. The molecule has 0 radical (unpaired) electrons. The van der Waals surface area contributed by atoms with Gasteiger partial charge in [0.05, 0.1) is 0 Å². The molecule has 2 nitrogen and oxygen atoms in total. The predicted octanol–water partition coefficient (Wildman–Crippen LogP) is 1.45. The van der Waals surface area contributed by atoms with E-state index in [1.165, 1.54) is 0 Å². The highest BCUT2D eigenvalue weighted by Gasteiger charge is 2.12. The summed E-state index contributed by atoms with van der Waals surface area (Å²) in [7, 11) is 0. The summed E-state index contributed by atoms with van der Waals surface area (Å²) < 4.78 is 0. The molecule has 9 heavy (non-hydrogen) atoms. The highest BCUT2D eigenvalue weighted by atomic mass is 35.5. The van der Waals surface area contributed by atoms with Crippen LogP contribution < -0.4 is 0 Å². The fourth-order valence-corrected chi connectivity index (χ4v) is 0.188. The molecule has 0 aromatic heterocycles. The Morgan fingerprint density at radius 2 is 2.11 bits per heavy atom. The molecular weight excluding hydrogens is 138 g/mol. The molecule has 0 aromatic carbocycles. The summed E-state index contributed by atoms with van der Waals surface area (Å²) in [6.07, 6.45) is 5.03. The van der Waals surface area contributed by atoms with Gasteiger partial charge < -0.3 is 4.84 Å². The highest BCUT2D eigenvalue weighted by Crippen LogP contribution is 2.05. The smallest absolute Gasteiger partial charge is 0.191 e. The van der Waals surface area contributed by atoms with Crippen LogP contribution >= 0.6 is 12.4 Å². The standard InChI is InChI=1S/C6H9NO.ClH/c1-5-6(2,3)8-7-4;/h1H,4H2,2-3H3;1H. The molecule has 52 valence electrons. The van der Waals surface area contributed by atoms with Gasteiger partial charge in [-0.1, -0.05) is 5.92 Å². The Balaban J connectivity index is 0. The van der Waals surface area contributed by atoms with E-state index in [0.717, 1.165) is 0 Å². The van der Waals surface area contributed by atoms with Crippen molar-refractivity contribution < 1.29 is 4.84 Å². The fourth-order valence-electron chi connectivity index (χ4n) is 0.188. The van der Waals surface area contributed by atoms with Crippen molar-refractivity contribution in [1.29, 1.82) is 0 Å². The normalized spacial score (nSPS) is 8.56. The number of halogens is 1. The van der Waals surface area contributed by atoms with Gasteiger partial charge in [0, 0.05) is 6.72 Å². The molecule has 0 bridgehead atoms. The first-order valence-corrected chi connectivity index (χ1v) is 2.24. The van der Waals surface area contributed by atoms with Crippen molar-refractivity contribution in [1.82, 2.24) is 0 Å². The molecule has 0 heterocycles. The van der Waals surface area contributed by atoms with Crippen molar-refractivity contribution in [2.45, 2.75) is 19.4 Å². The molecule has 3 heteroatoms. The Labute approximate surface area is 61.7 Å². The zero-order valence-corrected chi connectivity index (χ0v) is 6.36. The van der Waals surface area contributed by atoms with E-state index in [4.69, 9.17) is 6.42 Å². The summed E-state index contributed by atoms with van der Waals surface area (Å²) in [5, 5.41) is 3.19. The average molecular weight is 148 g/mol. The van der Waals surface area contributed by atoms with Crippen LogP contribution in [0, 0.1) is 12.3 Å². The minimum Gasteiger partial charge on any atom is -0.377 e. The van der Waals surface area contributed by atoms with Crippen LogP contribution in [0.15, 0.2) is 5.16 Å². The molecule has 0 saturated carbocycles. The van der Waals surface area contributed by atoms with Crippen molar-refractivity contribution in [2.24, 2.45) is 5.16 Å². The van der Waals surface area contributed by atoms with Crippen LogP contribution in [0.3, 0.4) is 0 Å². The average Bonchev–Trinajstić information content (AvgIpc) is 1.67. The maximum absolute atomic E-state index is 5.03. The zero-order valence-electron chi connectivity index (χ0n) is 5.55. The molecule has 0 fully saturated rings. The molecule has 0 aliphatic carbocycles. The van der Waals surface area contributed by atoms with Crippen molar-refractivity contribution >= 4 is 19.1 Å². The van der Waals surface area contributed by atoms with Crippen LogP contribution in [0.1, 0.15) is 13.8 Å². The molecule has 0 unspecified atom stereocenters. The lowest BCUT2D eigenvalue weighted by Gasteiger charge is -2.12. The van der Waals surface area contributed by atoms with Crippen LogP contribution in [0.25, 0.3) is 0 Å². The summed E-state index contributed by atoms with van der Waals surface area (Å²) in [6, 6.07) is 0. The number of terminal acetylenes is 1. The number of hydrogen-bond donors (Lipinski definition) is 0. The minimum absolute atomic E-state index is 0. The van der Waals surface area contributed by atoms with Gasteiger partial charge in [-0.2, -0.15) is 0 Å². The van der Waals surface area contributed by atoms with Gasteiger partial charge in [-0.05, 0) is 13.8 Å². The molecule has 0 spiro atoms. The van der Waals surface area contributed by atoms with Crippen molar-refractivity contribution in [3.05, 3.63) is 0 Å². The van der Waals surface area contributed by atoms with Gasteiger partial charge in [-0.15, -0.1) is 24.0 Å². The first-order chi connectivity index (χ1) is 3.62. The third-order valence-corrected chi connectivity index (χ3v) is 0.640. The van der Waals surface area contributed by atoms with Crippen LogP contribution in [0.2, 0.25) is 0 Å². The van der Waals surface area contributed by atoms with Gasteiger partial charge in [0.1, 0.15) is 0 Å². The van der Waals surface area contributed by atoms with Crippen molar-refractivity contribution in [2.75, 3.05) is 0 Å². The van der Waals surface area contributed by atoms with Crippen LogP contribution in [0.4, 0.5) is 0 Å². The Bertz CT molecular complexity index is 126. The Morgan fingerprint density at radius 1 is 1.67 bits per heavy atom. The van der Waals surface area contributed by atoms with E-state index < -0.39 is 5.60 Å². The number of rotatable bonds is 2. The summed E-state index contributed by atoms with van der Waals surface area (Å²) >= 11 is 0. The van der Waals surface area contributed by atoms with E-state index in [2.05, 4.69) is 22.6 Å². The van der Waals surface area contributed by atoms with E-state index in [0.29, 0.717) is 0 Å². The lowest BCUT2D eigenvalue weighted by atomic mass is 10.2. The fraction of sp³-hybridized carbons (Fsp3) is 0.500. The van der Waals surface area contributed by atoms with Gasteiger partial charge in [0.15, 0.2) is 5.60 Å². The molecular formula is C6H10ClNO. The third kappa shape index (κ3) is 5.19. The van der Waals surface area contributed by atoms with E-state index in [-0.39, 0.29) is 12.4 Å². The molecule has 0 atom stereocenters. The van der Waals surface area contributed by atoms with Crippen molar-refractivity contribution in [3.8, 4) is 12.3 Å². The Morgan fingerprint density at radius 3 is 2.22 bits per heavy atom. The summed E-state index contributed by atoms with van der Waals surface area (Å²) in [6.45, 7) is 6.60. The summed E-state index contributed by atoms with van der Waals surface area (Å²) in [4.78, 5) is 4.66. The minimum atomic E-state index is -0.609. The van der Waals surface area contributed by atoms with E-state index in [1.807, 2.05) is 0 Å².